The van der Waals surface area contributed by atoms with Gasteiger partial charge in [-0.1, -0.05) is 12.1 Å². The molecule has 7 nitrogen and oxygen atoms in total. The van der Waals surface area contributed by atoms with Crippen LogP contribution in [-0.2, 0) is 9.59 Å². The highest BCUT2D eigenvalue weighted by molar-refractivity contribution is 6.00. The molecule has 0 spiro atoms. The zero-order chi connectivity index (χ0) is 20.2. The van der Waals surface area contributed by atoms with Gasteiger partial charge in [-0.3, -0.25) is 14.5 Å². The number of para-hydroxylation sites is 2. The first-order chi connectivity index (χ1) is 14.1. The third kappa shape index (κ3) is 4.73. The molecular formula is C22H32N4O3. The predicted octanol–water partition coefficient (Wildman–Crippen LogP) is 1.43. The second-order valence-electron chi connectivity index (χ2n) is 8.24. The molecule has 4 rings (SSSR count). The normalized spacial score (nSPS) is 23.2. The first kappa shape index (κ1) is 20.2. The molecule has 2 fully saturated rings. The Kier molecular flexibility index (Phi) is 6.35. The largest absolute Gasteiger partial charge is 0.479 e. The quantitative estimate of drug-likeness (QED) is 0.723. The minimum atomic E-state index is -0.515. The topological polar surface area (TPSA) is 56.3 Å². The van der Waals surface area contributed by atoms with E-state index in [0.29, 0.717) is 18.7 Å². The summed E-state index contributed by atoms with van der Waals surface area (Å²) in [5.41, 5.74) is 0.759. The predicted molar refractivity (Wildman–Crippen MR) is 112 cm³/mol. The fourth-order valence-electron chi connectivity index (χ4n) is 4.47. The molecule has 7 heteroatoms. The molecular weight excluding hydrogens is 368 g/mol. The minimum absolute atomic E-state index is 0.0803. The Morgan fingerprint density at radius 3 is 2.34 bits per heavy atom. The summed E-state index contributed by atoms with van der Waals surface area (Å²) in [4.78, 5) is 34.0. The van der Waals surface area contributed by atoms with E-state index in [4.69, 9.17) is 4.74 Å². The lowest BCUT2D eigenvalue weighted by molar-refractivity contribution is -0.133. The fourth-order valence-corrected chi connectivity index (χ4v) is 4.47. The highest BCUT2D eigenvalue weighted by Gasteiger charge is 2.32. The fraction of sp³-hybridized carbons (Fsp3) is 0.636. The SMILES string of the molecule is CC1Oc2ccccc2N(CCC(=O)N2CCN(CCN3CCCC3)CC2)C1=O. The Morgan fingerprint density at radius 1 is 0.966 bits per heavy atom. The number of anilines is 1. The number of nitrogens with zero attached hydrogens (tertiary/aromatic N) is 4. The van der Waals surface area contributed by atoms with Crippen molar-refractivity contribution >= 4 is 17.5 Å². The van der Waals surface area contributed by atoms with Crippen molar-refractivity contribution in [3.63, 3.8) is 0 Å². The lowest BCUT2D eigenvalue weighted by Crippen LogP contribution is -2.51. The van der Waals surface area contributed by atoms with Gasteiger partial charge in [-0.05, 0) is 45.0 Å². The summed E-state index contributed by atoms with van der Waals surface area (Å²) in [5, 5.41) is 0. The zero-order valence-electron chi connectivity index (χ0n) is 17.4. The van der Waals surface area contributed by atoms with Gasteiger partial charge < -0.3 is 19.4 Å². The highest BCUT2D eigenvalue weighted by atomic mass is 16.5. The summed E-state index contributed by atoms with van der Waals surface area (Å²) >= 11 is 0. The second-order valence-corrected chi connectivity index (χ2v) is 8.24. The van der Waals surface area contributed by atoms with Crippen LogP contribution in [0, 0.1) is 0 Å². The van der Waals surface area contributed by atoms with E-state index in [2.05, 4.69) is 9.80 Å². The van der Waals surface area contributed by atoms with Crippen LogP contribution in [0.4, 0.5) is 5.69 Å². The van der Waals surface area contributed by atoms with Crippen LogP contribution in [0.15, 0.2) is 24.3 Å². The Bertz CT molecular complexity index is 727. The molecule has 0 aliphatic carbocycles. The molecule has 0 saturated carbocycles. The number of ether oxygens (including phenoxy) is 1. The van der Waals surface area contributed by atoms with Crippen LogP contribution in [-0.4, -0.2) is 91.5 Å². The summed E-state index contributed by atoms with van der Waals surface area (Å²) < 4.78 is 5.67. The van der Waals surface area contributed by atoms with Gasteiger partial charge in [0.05, 0.1) is 5.69 Å². The van der Waals surface area contributed by atoms with Crippen molar-refractivity contribution in [1.29, 1.82) is 0 Å². The summed E-state index contributed by atoms with van der Waals surface area (Å²) in [6.07, 6.45) is 2.49. The molecule has 1 aromatic rings. The maximum Gasteiger partial charge on any atom is 0.267 e. The third-order valence-electron chi connectivity index (χ3n) is 6.28. The molecule has 2 amide bonds. The number of carbonyl (C=O) groups excluding carboxylic acids is 2. The molecule has 0 bridgehead atoms. The monoisotopic (exact) mass is 400 g/mol. The van der Waals surface area contributed by atoms with Crippen molar-refractivity contribution in [2.75, 3.05) is 63.8 Å². The Hall–Kier alpha value is -2.12. The van der Waals surface area contributed by atoms with E-state index in [9.17, 15) is 9.59 Å². The van der Waals surface area contributed by atoms with E-state index in [-0.39, 0.29) is 11.8 Å². The number of rotatable bonds is 6. The van der Waals surface area contributed by atoms with E-state index in [1.54, 1.807) is 11.8 Å². The molecule has 1 aromatic carbocycles. The number of amides is 2. The number of hydrogen-bond donors (Lipinski definition) is 0. The Labute approximate surface area is 173 Å². The van der Waals surface area contributed by atoms with Gasteiger partial charge in [-0.25, -0.2) is 0 Å². The van der Waals surface area contributed by atoms with Gasteiger partial charge in [0, 0.05) is 52.2 Å². The molecule has 3 aliphatic rings. The van der Waals surface area contributed by atoms with Crippen molar-refractivity contribution in [2.24, 2.45) is 0 Å². The van der Waals surface area contributed by atoms with Gasteiger partial charge in [-0.15, -0.1) is 0 Å². The van der Waals surface area contributed by atoms with Crippen molar-refractivity contribution in [3.8, 4) is 5.75 Å². The Balaban J connectivity index is 1.24. The average Bonchev–Trinajstić information content (AvgIpc) is 3.26. The van der Waals surface area contributed by atoms with Gasteiger partial charge in [0.15, 0.2) is 6.10 Å². The summed E-state index contributed by atoms with van der Waals surface area (Å²) in [5.74, 6) is 0.760. The highest BCUT2D eigenvalue weighted by Crippen LogP contribution is 2.33. The van der Waals surface area contributed by atoms with Gasteiger partial charge in [0.2, 0.25) is 5.91 Å². The second kappa shape index (κ2) is 9.13. The molecule has 3 aliphatic heterocycles. The summed E-state index contributed by atoms with van der Waals surface area (Å²) in [6.45, 7) is 10.3. The van der Waals surface area contributed by atoms with Crippen LogP contribution < -0.4 is 9.64 Å². The van der Waals surface area contributed by atoms with Crippen LogP contribution in [0.1, 0.15) is 26.2 Å². The van der Waals surface area contributed by atoms with E-state index in [1.165, 1.54) is 25.9 Å². The number of benzene rings is 1. The molecule has 29 heavy (non-hydrogen) atoms. The smallest absolute Gasteiger partial charge is 0.267 e. The molecule has 2 saturated heterocycles. The summed E-state index contributed by atoms with van der Waals surface area (Å²) in [7, 11) is 0. The van der Waals surface area contributed by atoms with E-state index >= 15 is 0 Å². The van der Waals surface area contributed by atoms with Crippen LogP contribution in [0.5, 0.6) is 5.75 Å². The lowest BCUT2D eigenvalue weighted by atomic mass is 10.1. The molecule has 3 heterocycles. The van der Waals surface area contributed by atoms with E-state index < -0.39 is 6.10 Å². The number of likely N-dealkylation sites (tertiary alicyclic amines) is 1. The number of piperazine rings is 1. The number of hydrogen-bond acceptors (Lipinski definition) is 5. The average molecular weight is 401 g/mol. The number of carbonyl (C=O) groups is 2. The maximum atomic E-state index is 12.7. The molecule has 0 N–H and O–H groups in total. The van der Waals surface area contributed by atoms with Crippen molar-refractivity contribution in [3.05, 3.63) is 24.3 Å². The van der Waals surface area contributed by atoms with Crippen molar-refractivity contribution in [1.82, 2.24) is 14.7 Å². The molecule has 0 aromatic heterocycles. The molecule has 1 unspecified atom stereocenters. The van der Waals surface area contributed by atoms with Crippen LogP contribution in [0.25, 0.3) is 0 Å². The van der Waals surface area contributed by atoms with Gasteiger partial charge in [-0.2, -0.15) is 0 Å². The molecule has 158 valence electrons. The van der Waals surface area contributed by atoms with Crippen molar-refractivity contribution in [2.45, 2.75) is 32.3 Å². The first-order valence-corrected chi connectivity index (χ1v) is 10.9. The van der Waals surface area contributed by atoms with Gasteiger partial charge in [0.25, 0.3) is 5.91 Å². The van der Waals surface area contributed by atoms with Gasteiger partial charge >= 0.3 is 0 Å². The zero-order valence-corrected chi connectivity index (χ0v) is 17.4. The van der Waals surface area contributed by atoms with E-state index in [0.717, 1.165) is 45.0 Å². The number of fused-ring (bicyclic) bond motifs is 1. The lowest BCUT2D eigenvalue weighted by Gasteiger charge is -2.36. The van der Waals surface area contributed by atoms with Crippen molar-refractivity contribution < 1.29 is 14.3 Å². The molecule has 0 radical (unpaired) electrons. The summed E-state index contributed by atoms with van der Waals surface area (Å²) in [6, 6.07) is 7.53. The minimum Gasteiger partial charge on any atom is -0.479 e. The third-order valence-corrected chi connectivity index (χ3v) is 6.28. The van der Waals surface area contributed by atoms with E-state index in [1.807, 2.05) is 29.2 Å². The van der Waals surface area contributed by atoms with Crippen LogP contribution in [0.2, 0.25) is 0 Å². The maximum absolute atomic E-state index is 12.7. The van der Waals surface area contributed by atoms with Gasteiger partial charge in [0.1, 0.15) is 5.75 Å². The van der Waals surface area contributed by atoms with Crippen LogP contribution >= 0.6 is 0 Å². The van der Waals surface area contributed by atoms with Crippen LogP contribution in [0.3, 0.4) is 0 Å². The molecule has 1 atom stereocenters. The first-order valence-electron chi connectivity index (χ1n) is 10.9. The Morgan fingerprint density at radius 2 is 1.62 bits per heavy atom. The standard InChI is InChI=1S/C22H32N4O3/c1-18-22(28)26(19-6-2-3-7-20(19)29-18)11-8-21(27)25-16-14-24(15-17-25)13-12-23-9-4-5-10-23/h2-3,6-7,18H,4-5,8-17H2,1H3.